The van der Waals surface area contributed by atoms with Gasteiger partial charge in [0.05, 0.1) is 11.5 Å². The number of nitrogens with zero attached hydrogens (tertiary/aromatic N) is 3. The highest BCUT2D eigenvalue weighted by Crippen LogP contribution is 2.13. The van der Waals surface area contributed by atoms with Gasteiger partial charge in [-0.1, -0.05) is 18.2 Å². The molecule has 0 unspecified atom stereocenters. The molecule has 2 heterocycles. The minimum Gasteiger partial charge on any atom is -0.495 e. The third kappa shape index (κ3) is 2.79. The van der Waals surface area contributed by atoms with Crippen molar-refractivity contribution in [2.45, 2.75) is 6.61 Å². The lowest BCUT2D eigenvalue weighted by molar-refractivity contribution is 0.1000. The largest absolute Gasteiger partial charge is 0.495 e. The molecule has 116 valence electrons. The Morgan fingerprint density at radius 2 is 2.04 bits per heavy atom. The summed E-state index contributed by atoms with van der Waals surface area (Å²) in [5, 5.41) is 1.80. The van der Waals surface area contributed by atoms with Gasteiger partial charge in [0.15, 0.2) is 0 Å². The SMILES string of the molecule is O=C1N=Cc2c3c(ncc2=CC=NC=COCc2ccccc21)=C3. The maximum Gasteiger partial charge on any atom is 0.277 e. The Morgan fingerprint density at radius 3 is 3.00 bits per heavy atom. The van der Waals surface area contributed by atoms with Gasteiger partial charge in [-0.25, -0.2) is 4.99 Å². The molecule has 1 aromatic carbocycles. The average Bonchev–Trinajstić information content (AvgIpc) is 3.39. The van der Waals surface area contributed by atoms with Crippen LogP contribution in [0.4, 0.5) is 0 Å². The van der Waals surface area contributed by atoms with Crippen LogP contribution >= 0.6 is 0 Å². The van der Waals surface area contributed by atoms with E-state index in [1.807, 2.05) is 30.4 Å². The number of carbonyl (C=O) groups is 1. The van der Waals surface area contributed by atoms with Gasteiger partial charge in [-0.3, -0.25) is 14.8 Å². The van der Waals surface area contributed by atoms with Gasteiger partial charge >= 0.3 is 0 Å². The summed E-state index contributed by atoms with van der Waals surface area (Å²) in [7, 11) is 0. The lowest BCUT2D eigenvalue weighted by Gasteiger charge is -2.06. The fourth-order valence-electron chi connectivity index (χ4n) is 2.50. The van der Waals surface area contributed by atoms with Crippen molar-refractivity contribution < 1.29 is 9.53 Å². The van der Waals surface area contributed by atoms with Gasteiger partial charge in [-0.05, 0) is 18.2 Å². The molecule has 0 fully saturated rings. The van der Waals surface area contributed by atoms with E-state index in [1.54, 1.807) is 30.9 Å². The summed E-state index contributed by atoms with van der Waals surface area (Å²) in [6.07, 6.45) is 11.9. The van der Waals surface area contributed by atoms with Crippen LogP contribution in [-0.2, 0) is 11.3 Å². The first-order valence-electron chi connectivity index (χ1n) is 7.50. The molecule has 4 rings (SSSR count). The molecule has 0 saturated heterocycles. The van der Waals surface area contributed by atoms with E-state index in [4.69, 9.17) is 4.74 Å². The van der Waals surface area contributed by atoms with Crippen molar-refractivity contribution in [1.29, 1.82) is 0 Å². The predicted molar refractivity (Wildman–Crippen MR) is 92.3 cm³/mol. The number of benzene rings is 1. The van der Waals surface area contributed by atoms with Crippen molar-refractivity contribution in [3.8, 4) is 0 Å². The van der Waals surface area contributed by atoms with Gasteiger partial charge in [0.25, 0.3) is 5.91 Å². The normalized spacial score (nSPS) is 15.1. The zero-order valence-electron chi connectivity index (χ0n) is 12.7. The minimum atomic E-state index is -0.291. The highest BCUT2D eigenvalue weighted by atomic mass is 16.5. The molecule has 1 aliphatic heterocycles. The van der Waals surface area contributed by atoms with Crippen LogP contribution < -0.4 is 10.6 Å². The van der Waals surface area contributed by atoms with Crippen molar-refractivity contribution in [2.75, 3.05) is 0 Å². The first kappa shape index (κ1) is 14.3. The topological polar surface area (TPSA) is 63.9 Å². The number of carbonyl (C=O) groups excluding carboxylic acids is 1. The smallest absolute Gasteiger partial charge is 0.277 e. The summed E-state index contributed by atoms with van der Waals surface area (Å²) in [5.74, 6) is -0.291. The maximum absolute atomic E-state index is 12.5. The van der Waals surface area contributed by atoms with Crippen LogP contribution in [0.25, 0.3) is 12.2 Å². The molecule has 5 nitrogen and oxygen atoms in total. The summed E-state index contributed by atoms with van der Waals surface area (Å²) >= 11 is 0. The van der Waals surface area contributed by atoms with Crippen molar-refractivity contribution in [1.82, 2.24) is 4.98 Å². The van der Waals surface area contributed by atoms with E-state index < -0.39 is 0 Å². The second-order valence-electron chi connectivity index (χ2n) is 5.35. The number of pyridine rings is 1. The molecular weight excluding hydrogens is 302 g/mol. The van der Waals surface area contributed by atoms with Crippen molar-refractivity contribution in [2.24, 2.45) is 9.98 Å². The average molecular weight is 315 g/mol. The molecule has 0 bridgehead atoms. The molecule has 0 radical (unpaired) electrons. The number of ether oxygens (including phenoxy) is 1. The molecule has 2 aliphatic rings. The maximum atomic E-state index is 12.5. The molecule has 1 amide bonds. The Kier molecular flexibility index (Phi) is 3.59. The molecule has 5 heteroatoms. The molecule has 0 saturated carbocycles. The number of rotatable bonds is 0. The monoisotopic (exact) mass is 315 g/mol. The minimum absolute atomic E-state index is 0.289. The fraction of sp³-hybridized carbons (Fsp3) is 0.0526. The van der Waals surface area contributed by atoms with Gasteiger partial charge in [0.1, 0.15) is 12.9 Å². The van der Waals surface area contributed by atoms with Gasteiger partial charge in [-0.2, -0.15) is 0 Å². The Morgan fingerprint density at radius 1 is 1.12 bits per heavy atom. The lowest BCUT2D eigenvalue weighted by atomic mass is 10.1. The number of amides is 1. The quantitative estimate of drug-likeness (QED) is 0.629. The van der Waals surface area contributed by atoms with Crippen molar-refractivity contribution in [3.05, 3.63) is 75.7 Å². The van der Waals surface area contributed by atoms with E-state index in [1.165, 1.54) is 6.26 Å². The van der Waals surface area contributed by atoms with Crippen LogP contribution in [0.2, 0.25) is 0 Å². The van der Waals surface area contributed by atoms with Crippen LogP contribution in [0.3, 0.4) is 0 Å². The number of aromatic nitrogens is 1. The molecule has 24 heavy (non-hydrogen) atoms. The van der Waals surface area contributed by atoms with Gasteiger partial charge < -0.3 is 4.74 Å². The van der Waals surface area contributed by atoms with Crippen LogP contribution in [0.5, 0.6) is 0 Å². The van der Waals surface area contributed by atoms with Gasteiger partial charge in [0, 0.05) is 46.1 Å². The fourth-order valence-corrected chi connectivity index (χ4v) is 2.50. The Labute approximate surface area is 138 Å². The third-order valence-electron chi connectivity index (χ3n) is 3.80. The van der Waals surface area contributed by atoms with Crippen LogP contribution in [0.15, 0.2) is 52.9 Å². The van der Waals surface area contributed by atoms with Crippen LogP contribution in [-0.4, -0.2) is 23.3 Å². The first-order valence-corrected chi connectivity index (χ1v) is 7.50. The number of hydrogen-bond acceptors (Lipinski definition) is 4. The molecular formula is C19H13N3O2. The molecule has 0 spiro atoms. The molecule has 2 aromatic rings. The molecule has 0 atom stereocenters. The van der Waals surface area contributed by atoms with Crippen molar-refractivity contribution >= 4 is 30.5 Å². The second-order valence-corrected chi connectivity index (χ2v) is 5.35. The summed E-state index contributed by atoms with van der Waals surface area (Å²) in [5.41, 5.74) is 3.23. The molecule has 1 aliphatic carbocycles. The zero-order valence-corrected chi connectivity index (χ0v) is 12.7. The van der Waals surface area contributed by atoms with E-state index in [0.29, 0.717) is 5.56 Å². The summed E-state index contributed by atoms with van der Waals surface area (Å²) < 4.78 is 5.42. The van der Waals surface area contributed by atoms with Crippen LogP contribution in [0, 0.1) is 0 Å². The van der Waals surface area contributed by atoms with E-state index in [-0.39, 0.29) is 12.5 Å². The Bertz CT molecular complexity index is 1030. The number of aliphatic imine (C=N–C) groups is 2. The summed E-state index contributed by atoms with van der Waals surface area (Å²) in [4.78, 5) is 25.1. The van der Waals surface area contributed by atoms with Gasteiger partial charge in [0.2, 0.25) is 0 Å². The molecule has 0 N–H and O–H groups in total. The van der Waals surface area contributed by atoms with Crippen LogP contribution in [0.1, 0.15) is 27.0 Å². The third-order valence-corrected chi connectivity index (χ3v) is 3.80. The van der Waals surface area contributed by atoms with E-state index in [9.17, 15) is 4.79 Å². The standard InChI is InChI=1S/C19H13N3O2/c23-19-15-4-2-1-3-14(15)12-24-8-7-20-6-5-13-10-21-18-9-16(18)17(13)11-22-19/h1-11H,12H2. The summed E-state index contributed by atoms with van der Waals surface area (Å²) in [6.45, 7) is 0.289. The van der Waals surface area contributed by atoms with E-state index in [2.05, 4.69) is 15.0 Å². The number of fused-ring (bicyclic) bond motifs is 4. The van der Waals surface area contributed by atoms with Crippen molar-refractivity contribution in [3.63, 3.8) is 0 Å². The first-order chi connectivity index (χ1) is 11.8. The van der Waals surface area contributed by atoms with Gasteiger partial charge in [-0.15, -0.1) is 0 Å². The lowest BCUT2D eigenvalue weighted by Crippen LogP contribution is -2.15. The predicted octanol–water partition coefficient (Wildman–Crippen LogP) is 1.34. The summed E-state index contributed by atoms with van der Waals surface area (Å²) in [6, 6.07) is 7.29. The van der Waals surface area contributed by atoms with E-state index >= 15 is 0 Å². The highest BCUT2D eigenvalue weighted by molar-refractivity contribution is 6.04. The van der Waals surface area contributed by atoms with E-state index in [0.717, 1.165) is 27.3 Å². The molecule has 1 aromatic heterocycles. The number of hydrogen-bond donors (Lipinski definition) is 0. The Hall–Kier alpha value is -3.34. The highest BCUT2D eigenvalue weighted by Gasteiger charge is 2.14. The zero-order chi connectivity index (χ0) is 16.4. The Balaban J connectivity index is 1.82. The second kappa shape index (κ2) is 6.04.